The predicted octanol–water partition coefficient (Wildman–Crippen LogP) is 3.67. The molecule has 0 atom stereocenters. The Morgan fingerprint density at radius 3 is 2.56 bits per heavy atom. The number of carbonyl (C=O) groups excluding carboxylic acids is 1. The number of ether oxygens (including phenoxy) is 1. The van der Waals surface area contributed by atoms with Gasteiger partial charge in [0.25, 0.3) is 11.1 Å². The highest BCUT2D eigenvalue weighted by atomic mass is 35.5. The minimum absolute atomic E-state index is 0.0143. The van der Waals surface area contributed by atoms with E-state index >= 15 is 0 Å². The lowest BCUT2D eigenvalue weighted by Gasteiger charge is -2.34. The van der Waals surface area contributed by atoms with Crippen molar-refractivity contribution in [3.05, 3.63) is 59.1 Å². The number of piperazine rings is 1. The highest BCUT2D eigenvalue weighted by Crippen LogP contribution is 2.27. The van der Waals surface area contributed by atoms with Crippen LogP contribution >= 0.6 is 22.9 Å². The van der Waals surface area contributed by atoms with Gasteiger partial charge >= 0.3 is 0 Å². The summed E-state index contributed by atoms with van der Waals surface area (Å²) in [5, 5.41) is 1.30. The molecule has 0 N–H and O–H groups in total. The van der Waals surface area contributed by atoms with Crippen molar-refractivity contribution in [3.8, 4) is 5.19 Å². The van der Waals surface area contributed by atoms with Gasteiger partial charge in [-0.15, -0.1) is 0 Å². The van der Waals surface area contributed by atoms with E-state index in [0.717, 1.165) is 48.0 Å². The molecule has 5 nitrogen and oxygen atoms in total. The molecule has 0 radical (unpaired) electrons. The lowest BCUT2D eigenvalue weighted by atomic mass is 10.2. The molecule has 1 saturated heterocycles. The molecular formula is C20H20ClN3O2S. The molecule has 1 aromatic heterocycles. The number of amides is 1. The minimum atomic E-state index is 0.0143. The summed E-state index contributed by atoms with van der Waals surface area (Å²) in [7, 11) is 0. The Labute approximate surface area is 167 Å². The van der Waals surface area contributed by atoms with Gasteiger partial charge in [0.05, 0.1) is 10.2 Å². The Bertz CT molecular complexity index is 887. The second-order valence-corrected chi connectivity index (χ2v) is 7.95. The van der Waals surface area contributed by atoms with Crippen molar-refractivity contribution < 1.29 is 9.53 Å². The molecule has 0 saturated carbocycles. The fraction of sp³-hybridized carbons (Fsp3) is 0.300. The number of nitrogens with zero attached hydrogens (tertiary/aromatic N) is 3. The molecule has 1 amide bonds. The third kappa shape index (κ3) is 4.58. The number of halogens is 1. The topological polar surface area (TPSA) is 45.7 Å². The standard InChI is InChI=1S/C20H20ClN3O2S/c21-16-7-5-15(6-8-16)13-23-9-11-24(12-10-23)19(25)14-26-20-22-17-3-1-2-4-18(17)27-20/h1-8H,9-14H2. The lowest BCUT2D eigenvalue weighted by molar-refractivity contribution is -0.135. The molecule has 0 bridgehead atoms. The largest absolute Gasteiger partial charge is 0.460 e. The zero-order chi connectivity index (χ0) is 18.6. The van der Waals surface area contributed by atoms with E-state index in [4.69, 9.17) is 16.3 Å². The average Bonchev–Trinajstić information content (AvgIpc) is 3.11. The van der Waals surface area contributed by atoms with Crippen molar-refractivity contribution in [2.24, 2.45) is 0 Å². The quantitative estimate of drug-likeness (QED) is 0.654. The molecule has 2 aromatic carbocycles. The SMILES string of the molecule is O=C(COc1nc2ccccc2s1)N1CCN(Cc2ccc(Cl)cc2)CC1. The van der Waals surface area contributed by atoms with E-state index in [0.29, 0.717) is 5.19 Å². The van der Waals surface area contributed by atoms with E-state index in [2.05, 4.69) is 9.88 Å². The summed E-state index contributed by atoms with van der Waals surface area (Å²) in [5.41, 5.74) is 2.14. The van der Waals surface area contributed by atoms with Gasteiger partial charge < -0.3 is 9.64 Å². The molecule has 0 spiro atoms. The normalized spacial score (nSPS) is 15.2. The molecule has 1 fully saturated rings. The number of fused-ring (bicyclic) bond motifs is 1. The summed E-state index contributed by atoms with van der Waals surface area (Å²) in [5.74, 6) is 0.0143. The second kappa shape index (κ2) is 8.25. The number of benzene rings is 2. The zero-order valence-electron chi connectivity index (χ0n) is 14.8. The van der Waals surface area contributed by atoms with Crippen LogP contribution in [0.2, 0.25) is 5.02 Å². The van der Waals surface area contributed by atoms with Crippen molar-refractivity contribution >= 4 is 39.1 Å². The van der Waals surface area contributed by atoms with E-state index in [9.17, 15) is 4.79 Å². The second-order valence-electron chi connectivity index (χ2n) is 6.52. The molecule has 27 heavy (non-hydrogen) atoms. The van der Waals surface area contributed by atoms with Gasteiger partial charge in [-0.05, 0) is 29.8 Å². The van der Waals surface area contributed by atoms with E-state index < -0.39 is 0 Å². The minimum Gasteiger partial charge on any atom is -0.460 e. The Morgan fingerprint density at radius 1 is 1.07 bits per heavy atom. The summed E-state index contributed by atoms with van der Waals surface area (Å²) in [4.78, 5) is 21.1. The molecule has 140 valence electrons. The van der Waals surface area contributed by atoms with Crippen molar-refractivity contribution in [2.45, 2.75) is 6.54 Å². The Hall–Kier alpha value is -2.15. The van der Waals surface area contributed by atoms with E-state index in [-0.39, 0.29) is 12.5 Å². The number of hydrogen-bond acceptors (Lipinski definition) is 5. The third-order valence-electron chi connectivity index (χ3n) is 4.64. The number of thiazole rings is 1. The molecule has 0 aliphatic carbocycles. The van der Waals surface area contributed by atoms with Gasteiger partial charge in [-0.25, -0.2) is 4.98 Å². The first-order valence-electron chi connectivity index (χ1n) is 8.90. The maximum Gasteiger partial charge on any atom is 0.274 e. The van der Waals surface area contributed by atoms with Gasteiger partial charge in [0, 0.05) is 37.7 Å². The Balaban J connectivity index is 1.25. The molecule has 7 heteroatoms. The molecule has 1 aliphatic heterocycles. The van der Waals surface area contributed by atoms with Crippen LogP contribution in [0.15, 0.2) is 48.5 Å². The maximum absolute atomic E-state index is 12.4. The molecule has 0 unspecified atom stereocenters. The summed E-state index contributed by atoms with van der Waals surface area (Å²) >= 11 is 7.40. The van der Waals surface area contributed by atoms with Gasteiger partial charge in [-0.3, -0.25) is 9.69 Å². The number of rotatable bonds is 5. The van der Waals surface area contributed by atoms with Crippen molar-refractivity contribution in [2.75, 3.05) is 32.8 Å². The highest BCUT2D eigenvalue weighted by molar-refractivity contribution is 7.20. The highest BCUT2D eigenvalue weighted by Gasteiger charge is 2.21. The summed E-state index contributed by atoms with van der Waals surface area (Å²) in [6.07, 6.45) is 0. The number of para-hydroxylation sites is 1. The Kier molecular flexibility index (Phi) is 5.57. The van der Waals surface area contributed by atoms with E-state index in [1.165, 1.54) is 16.9 Å². The fourth-order valence-corrected chi connectivity index (χ4v) is 4.07. The smallest absolute Gasteiger partial charge is 0.274 e. The lowest BCUT2D eigenvalue weighted by Crippen LogP contribution is -2.49. The molecular weight excluding hydrogens is 382 g/mol. The summed E-state index contributed by atoms with van der Waals surface area (Å²) in [6.45, 7) is 4.06. The Morgan fingerprint density at radius 2 is 1.81 bits per heavy atom. The average molecular weight is 402 g/mol. The van der Waals surface area contributed by atoms with Gasteiger partial charge in [0.1, 0.15) is 0 Å². The van der Waals surface area contributed by atoms with Crippen LogP contribution in [0.1, 0.15) is 5.56 Å². The van der Waals surface area contributed by atoms with Gasteiger partial charge in [0.2, 0.25) is 0 Å². The molecule has 1 aliphatic rings. The molecule has 3 aromatic rings. The van der Waals surface area contributed by atoms with Gasteiger partial charge in [0.15, 0.2) is 6.61 Å². The number of carbonyl (C=O) groups is 1. The monoisotopic (exact) mass is 401 g/mol. The number of hydrogen-bond donors (Lipinski definition) is 0. The summed E-state index contributed by atoms with van der Waals surface area (Å²) in [6, 6.07) is 15.8. The van der Waals surface area contributed by atoms with E-state index in [1.807, 2.05) is 53.4 Å². The first-order valence-corrected chi connectivity index (χ1v) is 10.1. The van der Waals surface area contributed by atoms with Crippen LogP contribution in [0.3, 0.4) is 0 Å². The van der Waals surface area contributed by atoms with Crippen LogP contribution in [0, 0.1) is 0 Å². The maximum atomic E-state index is 12.4. The van der Waals surface area contributed by atoms with Crippen LogP contribution in [0.5, 0.6) is 5.19 Å². The van der Waals surface area contributed by atoms with Crippen molar-refractivity contribution in [1.82, 2.24) is 14.8 Å². The molecule has 4 rings (SSSR count). The summed E-state index contributed by atoms with van der Waals surface area (Å²) < 4.78 is 6.70. The van der Waals surface area contributed by atoms with Crippen LogP contribution in [0.4, 0.5) is 0 Å². The van der Waals surface area contributed by atoms with Crippen LogP contribution in [-0.4, -0.2) is 53.5 Å². The van der Waals surface area contributed by atoms with Crippen LogP contribution in [0.25, 0.3) is 10.2 Å². The first-order chi connectivity index (χ1) is 13.2. The van der Waals surface area contributed by atoms with E-state index in [1.54, 1.807) is 0 Å². The fourth-order valence-electron chi connectivity index (χ4n) is 3.13. The van der Waals surface area contributed by atoms with Gasteiger partial charge in [-0.2, -0.15) is 0 Å². The third-order valence-corrected chi connectivity index (χ3v) is 5.84. The van der Waals surface area contributed by atoms with Crippen molar-refractivity contribution in [1.29, 1.82) is 0 Å². The van der Waals surface area contributed by atoms with Crippen molar-refractivity contribution in [3.63, 3.8) is 0 Å². The van der Waals surface area contributed by atoms with Crippen LogP contribution < -0.4 is 4.74 Å². The first kappa shape index (κ1) is 18.2. The van der Waals surface area contributed by atoms with Crippen LogP contribution in [-0.2, 0) is 11.3 Å². The molecule has 2 heterocycles. The van der Waals surface area contributed by atoms with Gasteiger partial charge in [-0.1, -0.05) is 47.2 Å². The zero-order valence-corrected chi connectivity index (χ0v) is 16.4. The number of aromatic nitrogens is 1. The predicted molar refractivity (Wildman–Crippen MR) is 108 cm³/mol.